The van der Waals surface area contributed by atoms with Gasteiger partial charge in [-0.2, -0.15) is 4.98 Å². The Labute approximate surface area is 154 Å². The molecule has 0 unspecified atom stereocenters. The largest absolute Gasteiger partial charge is 0.338 e. The molecule has 0 atom stereocenters. The fraction of sp³-hybridized carbons (Fsp3) is 0.579. The molecule has 2 aliphatic rings. The first-order valence-corrected chi connectivity index (χ1v) is 11.1. The summed E-state index contributed by atoms with van der Waals surface area (Å²) in [4.78, 5) is 6.77. The van der Waals surface area contributed by atoms with Crippen LogP contribution in [-0.2, 0) is 16.4 Å². The first-order valence-electron chi connectivity index (χ1n) is 9.25. The van der Waals surface area contributed by atoms with Gasteiger partial charge in [-0.15, -0.1) is 0 Å². The van der Waals surface area contributed by atoms with Crippen LogP contribution >= 0.6 is 0 Å². The summed E-state index contributed by atoms with van der Waals surface area (Å²) in [7, 11) is -2.93. The maximum Gasteiger partial charge on any atom is 0.241 e. The van der Waals surface area contributed by atoms with Gasteiger partial charge in [-0.05, 0) is 30.7 Å². The third kappa shape index (κ3) is 3.30. The van der Waals surface area contributed by atoms with E-state index in [1.807, 2.05) is 12.1 Å². The predicted molar refractivity (Wildman–Crippen MR) is 99.5 cm³/mol. The molecule has 0 amide bonds. The topological polar surface area (TPSA) is 76.3 Å². The Morgan fingerprint density at radius 2 is 1.96 bits per heavy atom. The molecule has 1 saturated carbocycles. The maximum absolute atomic E-state index is 12.0. The van der Waals surface area contributed by atoms with Gasteiger partial charge in [-0.3, -0.25) is 4.90 Å². The van der Waals surface area contributed by atoms with Crippen LogP contribution in [0.4, 0.5) is 0 Å². The van der Waals surface area contributed by atoms with Crippen LogP contribution in [0.1, 0.15) is 50.5 Å². The second-order valence-electron chi connectivity index (χ2n) is 7.88. The van der Waals surface area contributed by atoms with E-state index in [0.29, 0.717) is 30.7 Å². The van der Waals surface area contributed by atoms with E-state index in [4.69, 9.17) is 4.52 Å². The van der Waals surface area contributed by atoms with Crippen molar-refractivity contribution in [3.63, 3.8) is 0 Å². The summed E-state index contributed by atoms with van der Waals surface area (Å²) in [5, 5.41) is 4.12. The highest BCUT2D eigenvalue weighted by Crippen LogP contribution is 2.41. The Hall–Kier alpha value is -1.73. The van der Waals surface area contributed by atoms with Crippen LogP contribution in [0.5, 0.6) is 0 Å². The summed E-state index contributed by atoms with van der Waals surface area (Å²) < 4.78 is 29.5. The van der Waals surface area contributed by atoms with Crippen molar-refractivity contribution in [1.82, 2.24) is 15.0 Å². The minimum absolute atomic E-state index is 0.215. The maximum atomic E-state index is 12.0. The van der Waals surface area contributed by atoms with Crippen LogP contribution in [0.2, 0.25) is 0 Å². The Balaban J connectivity index is 1.50. The van der Waals surface area contributed by atoms with E-state index in [0.717, 1.165) is 24.8 Å². The lowest BCUT2D eigenvalue weighted by Gasteiger charge is -2.52. The first-order chi connectivity index (χ1) is 12.4. The van der Waals surface area contributed by atoms with Gasteiger partial charge in [-0.1, -0.05) is 43.3 Å². The lowest BCUT2D eigenvalue weighted by Crippen LogP contribution is -2.62. The molecule has 2 fully saturated rings. The molecule has 0 bridgehead atoms. The molecule has 0 radical (unpaired) electrons. The predicted octanol–water partition coefficient (Wildman–Crippen LogP) is 3.01. The van der Waals surface area contributed by atoms with E-state index in [-0.39, 0.29) is 17.0 Å². The fourth-order valence-corrected chi connectivity index (χ4v) is 5.90. The minimum atomic E-state index is -2.93. The van der Waals surface area contributed by atoms with Crippen LogP contribution in [0.25, 0.3) is 11.4 Å². The van der Waals surface area contributed by atoms with Gasteiger partial charge in [-0.25, -0.2) is 8.42 Å². The highest BCUT2D eigenvalue weighted by molar-refractivity contribution is 7.91. The van der Waals surface area contributed by atoms with E-state index in [2.05, 4.69) is 41.0 Å². The molecule has 1 aromatic carbocycles. The quantitative estimate of drug-likeness (QED) is 0.818. The minimum Gasteiger partial charge on any atom is -0.338 e. The van der Waals surface area contributed by atoms with Gasteiger partial charge in [0.2, 0.25) is 11.7 Å². The smallest absolute Gasteiger partial charge is 0.241 e. The van der Waals surface area contributed by atoms with Crippen LogP contribution in [0.15, 0.2) is 28.8 Å². The summed E-state index contributed by atoms with van der Waals surface area (Å²) in [5.74, 6) is 2.10. The Morgan fingerprint density at radius 1 is 1.23 bits per heavy atom. The molecule has 1 saturated heterocycles. The van der Waals surface area contributed by atoms with Crippen molar-refractivity contribution in [2.45, 2.75) is 51.1 Å². The molecule has 26 heavy (non-hydrogen) atoms. The molecule has 1 aliphatic heterocycles. The highest BCUT2D eigenvalue weighted by atomic mass is 32.2. The second-order valence-corrected chi connectivity index (χ2v) is 10.1. The number of hydrogen-bond acceptors (Lipinski definition) is 6. The van der Waals surface area contributed by atoms with Gasteiger partial charge in [0.15, 0.2) is 9.84 Å². The number of rotatable bonds is 4. The summed E-state index contributed by atoms with van der Waals surface area (Å²) in [6.45, 7) is 5.39. The number of hydrogen-bond donors (Lipinski definition) is 0. The van der Waals surface area contributed by atoms with Gasteiger partial charge in [0.25, 0.3) is 0 Å². The highest BCUT2D eigenvalue weighted by Gasteiger charge is 2.49. The number of nitrogens with zero attached hydrogens (tertiary/aromatic N) is 3. The molecule has 2 aromatic rings. The molecule has 6 nitrogen and oxygen atoms in total. The Bertz CT molecular complexity index is 883. The van der Waals surface area contributed by atoms with Gasteiger partial charge in [0, 0.05) is 17.6 Å². The van der Waals surface area contributed by atoms with Crippen molar-refractivity contribution in [2.24, 2.45) is 0 Å². The van der Waals surface area contributed by atoms with Crippen LogP contribution in [-0.4, -0.2) is 47.0 Å². The average Bonchev–Trinajstić information content (AvgIpc) is 3.03. The summed E-state index contributed by atoms with van der Waals surface area (Å²) in [5.41, 5.74) is 1.99. The molecule has 0 N–H and O–H groups in total. The van der Waals surface area contributed by atoms with Gasteiger partial charge in [0.1, 0.15) is 0 Å². The Morgan fingerprint density at radius 3 is 2.58 bits per heavy atom. The van der Waals surface area contributed by atoms with Crippen LogP contribution in [0, 0.1) is 0 Å². The number of sulfone groups is 1. The molecule has 1 spiro atoms. The molecule has 1 aromatic heterocycles. The summed E-state index contributed by atoms with van der Waals surface area (Å²) in [6, 6.07) is 8.22. The number of benzene rings is 1. The van der Waals surface area contributed by atoms with Crippen molar-refractivity contribution in [1.29, 1.82) is 0 Å². The molecule has 1 aliphatic carbocycles. The number of aromatic nitrogens is 2. The lowest BCUT2D eigenvalue weighted by atomic mass is 9.76. The average molecular weight is 375 g/mol. The van der Waals surface area contributed by atoms with Crippen LogP contribution < -0.4 is 0 Å². The molecular formula is C19H25N3O3S. The fourth-order valence-electron chi connectivity index (χ4n) is 3.97. The lowest BCUT2D eigenvalue weighted by molar-refractivity contribution is 0.0195. The van der Waals surface area contributed by atoms with Crippen LogP contribution in [0.3, 0.4) is 0 Å². The van der Waals surface area contributed by atoms with Crippen molar-refractivity contribution in [3.05, 3.63) is 35.7 Å². The third-order valence-corrected chi connectivity index (χ3v) is 7.53. The SMILES string of the molecule is CC(C)c1ccc(-c2noc(CN3CCS(=O)(=O)CC34CCC4)n2)cc1. The molecule has 4 rings (SSSR count). The van der Waals surface area contributed by atoms with Crippen molar-refractivity contribution < 1.29 is 12.9 Å². The van der Waals surface area contributed by atoms with Gasteiger partial charge in [0.05, 0.1) is 18.1 Å². The van der Waals surface area contributed by atoms with Crippen molar-refractivity contribution >= 4 is 9.84 Å². The standard InChI is InChI=1S/C19H25N3O3S/c1-14(2)15-4-6-16(7-5-15)18-20-17(25-21-18)12-22-10-11-26(23,24)13-19(22)8-3-9-19/h4-7,14H,3,8-13H2,1-2H3. The molecule has 2 heterocycles. The molecule has 7 heteroatoms. The van der Waals surface area contributed by atoms with Gasteiger partial charge >= 0.3 is 0 Å². The van der Waals surface area contributed by atoms with E-state index in [9.17, 15) is 8.42 Å². The first kappa shape index (κ1) is 17.7. The third-order valence-electron chi connectivity index (χ3n) is 5.75. The summed E-state index contributed by atoms with van der Waals surface area (Å²) in [6.07, 6.45) is 2.96. The van der Waals surface area contributed by atoms with Crippen molar-refractivity contribution in [2.75, 3.05) is 18.1 Å². The van der Waals surface area contributed by atoms with E-state index in [1.54, 1.807) is 0 Å². The molecular weight excluding hydrogens is 350 g/mol. The zero-order valence-corrected chi connectivity index (χ0v) is 16.1. The second kappa shape index (κ2) is 6.46. The van der Waals surface area contributed by atoms with Crippen molar-refractivity contribution in [3.8, 4) is 11.4 Å². The Kier molecular flexibility index (Phi) is 4.39. The van der Waals surface area contributed by atoms with Gasteiger partial charge < -0.3 is 4.52 Å². The monoisotopic (exact) mass is 375 g/mol. The molecule has 140 valence electrons. The van der Waals surface area contributed by atoms with E-state index in [1.165, 1.54) is 5.56 Å². The zero-order chi connectivity index (χ0) is 18.4. The zero-order valence-electron chi connectivity index (χ0n) is 15.3. The van der Waals surface area contributed by atoms with E-state index < -0.39 is 9.84 Å². The summed E-state index contributed by atoms with van der Waals surface area (Å²) >= 11 is 0. The van der Waals surface area contributed by atoms with E-state index >= 15 is 0 Å². The normalized spacial score (nSPS) is 21.8.